The topological polar surface area (TPSA) is 67.2 Å². The molecule has 21 heavy (non-hydrogen) atoms. The number of hydrogen-bond acceptors (Lipinski definition) is 3. The molecule has 2 amide bonds. The highest BCUT2D eigenvalue weighted by molar-refractivity contribution is 9.10. The summed E-state index contributed by atoms with van der Waals surface area (Å²) in [5.74, 6) is -0.107. The summed E-state index contributed by atoms with van der Waals surface area (Å²) in [6, 6.07) is -0.386. The Labute approximate surface area is 133 Å². The lowest BCUT2D eigenvalue weighted by molar-refractivity contribution is -0.146. The lowest BCUT2D eigenvalue weighted by Crippen LogP contribution is -2.57. The molecule has 116 valence electrons. The Morgan fingerprint density at radius 1 is 1.38 bits per heavy atom. The zero-order valence-corrected chi connectivity index (χ0v) is 14.2. The molecule has 0 bridgehead atoms. The maximum absolute atomic E-state index is 12.2. The molecule has 0 aliphatic carbocycles. The van der Waals surface area contributed by atoms with E-state index in [4.69, 9.17) is 0 Å². The largest absolute Gasteiger partial charge is 0.345 e. The van der Waals surface area contributed by atoms with Crippen LogP contribution in [0.5, 0.6) is 0 Å². The second kappa shape index (κ2) is 6.60. The van der Waals surface area contributed by atoms with Crippen LogP contribution < -0.4 is 5.32 Å². The molecule has 1 aliphatic heterocycles. The molecule has 1 aromatic rings. The molecule has 6 nitrogen and oxygen atoms in total. The number of aryl methyl sites for hydroxylation is 2. The Bertz CT molecular complexity index is 555. The molecule has 2 heterocycles. The first-order chi connectivity index (χ1) is 9.99. The lowest BCUT2D eigenvalue weighted by Gasteiger charge is -2.34. The second-order valence-corrected chi connectivity index (χ2v) is 6.02. The first kappa shape index (κ1) is 16.0. The van der Waals surface area contributed by atoms with E-state index in [0.29, 0.717) is 13.0 Å². The summed E-state index contributed by atoms with van der Waals surface area (Å²) in [6.45, 7) is 4.53. The van der Waals surface area contributed by atoms with Gasteiger partial charge in [-0.15, -0.1) is 0 Å². The molecule has 0 spiro atoms. The van der Waals surface area contributed by atoms with Gasteiger partial charge in [-0.05, 0) is 28.8 Å². The van der Waals surface area contributed by atoms with Gasteiger partial charge < -0.3 is 10.2 Å². The van der Waals surface area contributed by atoms with Gasteiger partial charge in [0.1, 0.15) is 6.04 Å². The number of carbonyl (C=O) groups is 2. The molecule has 1 N–H and O–H groups in total. The molecular weight excluding hydrogens is 336 g/mol. The smallest absolute Gasteiger partial charge is 0.243 e. The van der Waals surface area contributed by atoms with Crippen LogP contribution in [-0.2, 0) is 29.6 Å². The van der Waals surface area contributed by atoms with E-state index >= 15 is 0 Å². The maximum Gasteiger partial charge on any atom is 0.243 e. The van der Waals surface area contributed by atoms with Crippen LogP contribution in [0.2, 0.25) is 0 Å². The van der Waals surface area contributed by atoms with Crippen LogP contribution in [0.1, 0.15) is 38.1 Å². The predicted octanol–water partition coefficient (Wildman–Crippen LogP) is 1.37. The quantitative estimate of drug-likeness (QED) is 0.866. The van der Waals surface area contributed by atoms with Gasteiger partial charge in [0.15, 0.2) is 0 Å². The summed E-state index contributed by atoms with van der Waals surface area (Å²) in [4.78, 5) is 25.9. The third-order valence-electron chi connectivity index (χ3n) is 3.80. The van der Waals surface area contributed by atoms with Gasteiger partial charge in [-0.3, -0.25) is 14.3 Å². The van der Waals surface area contributed by atoms with Crippen LogP contribution in [0.15, 0.2) is 4.47 Å². The van der Waals surface area contributed by atoms with E-state index in [-0.39, 0.29) is 24.4 Å². The van der Waals surface area contributed by atoms with Gasteiger partial charge in [0.2, 0.25) is 11.8 Å². The first-order valence-corrected chi connectivity index (χ1v) is 8.06. The summed E-state index contributed by atoms with van der Waals surface area (Å²) in [5, 5.41) is 7.10. The second-order valence-electron chi connectivity index (χ2n) is 5.23. The highest BCUT2D eigenvalue weighted by atomic mass is 79.9. The molecule has 0 aromatic carbocycles. The number of piperazine rings is 1. The SMILES string of the molecule is CCCC1C(=O)NCC(=O)N1Cc1c(Br)c(CC)nn1C. The van der Waals surface area contributed by atoms with Crippen molar-refractivity contribution in [3.05, 3.63) is 15.9 Å². The molecular formula is C14H21BrN4O2. The van der Waals surface area contributed by atoms with Gasteiger partial charge in [-0.25, -0.2) is 0 Å². The molecule has 0 radical (unpaired) electrons. The number of aromatic nitrogens is 2. The number of nitrogens with one attached hydrogen (secondary N) is 1. The van der Waals surface area contributed by atoms with E-state index in [9.17, 15) is 9.59 Å². The number of carbonyl (C=O) groups excluding carboxylic acids is 2. The minimum Gasteiger partial charge on any atom is -0.345 e. The number of hydrogen-bond donors (Lipinski definition) is 1. The standard InChI is InChI=1S/C14H21BrN4O2/c1-4-6-10-14(21)16-7-12(20)19(10)8-11-13(15)9(5-2)17-18(11)3/h10H,4-8H2,1-3H3,(H,16,21). The summed E-state index contributed by atoms with van der Waals surface area (Å²) in [7, 11) is 1.86. The molecule has 1 fully saturated rings. The van der Waals surface area contributed by atoms with Crippen molar-refractivity contribution in [2.45, 2.75) is 45.7 Å². The van der Waals surface area contributed by atoms with Crippen LogP contribution in [0.4, 0.5) is 0 Å². The van der Waals surface area contributed by atoms with E-state index in [1.165, 1.54) is 0 Å². The minimum absolute atomic E-state index is 0.0424. The van der Waals surface area contributed by atoms with E-state index < -0.39 is 0 Å². The average Bonchev–Trinajstić information content (AvgIpc) is 2.73. The van der Waals surface area contributed by atoms with Crippen LogP contribution in [0.25, 0.3) is 0 Å². The minimum atomic E-state index is -0.386. The monoisotopic (exact) mass is 356 g/mol. The summed E-state index contributed by atoms with van der Waals surface area (Å²) in [5.41, 5.74) is 1.89. The Hall–Kier alpha value is -1.37. The Morgan fingerprint density at radius 2 is 2.10 bits per heavy atom. The number of rotatable bonds is 5. The van der Waals surface area contributed by atoms with Crippen LogP contribution in [0.3, 0.4) is 0 Å². The normalized spacial score (nSPS) is 19.0. The van der Waals surface area contributed by atoms with Crippen molar-refractivity contribution >= 4 is 27.7 Å². The van der Waals surface area contributed by atoms with Crippen molar-refractivity contribution in [3.8, 4) is 0 Å². The summed E-state index contributed by atoms with van der Waals surface area (Å²) in [6.07, 6.45) is 2.35. The number of amides is 2. The van der Waals surface area contributed by atoms with Crippen molar-refractivity contribution in [1.82, 2.24) is 20.0 Å². The van der Waals surface area contributed by atoms with Crippen LogP contribution >= 0.6 is 15.9 Å². The molecule has 0 saturated carbocycles. The molecule has 1 aromatic heterocycles. The zero-order valence-electron chi connectivity index (χ0n) is 12.6. The molecule has 1 saturated heterocycles. The number of nitrogens with zero attached hydrogens (tertiary/aromatic N) is 3. The highest BCUT2D eigenvalue weighted by Gasteiger charge is 2.34. The van der Waals surface area contributed by atoms with Crippen molar-refractivity contribution in [1.29, 1.82) is 0 Å². The Morgan fingerprint density at radius 3 is 2.67 bits per heavy atom. The van der Waals surface area contributed by atoms with Gasteiger partial charge in [0, 0.05) is 7.05 Å². The molecule has 1 atom stereocenters. The fraction of sp³-hybridized carbons (Fsp3) is 0.643. The fourth-order valence-corrected chi connectivity index (χ4v) is 3.35. The van der Waals surface area contributed by atoms with Gasteiger partial charge in [-0.1, -0.05) is 20.3 Å². The summed E-state index contributed by atoms with van der Waals surface area (Å²) >= 11 is 3.56. The van der Waals surface area contributed by atoms with Crippen molar-refractivity contribution in [2.75, 3.05) is 6.54 Å². The van der Waals surface area contributed by atoms with Crippen LogP contribution in [0, 0.1) is 0 Å². The van der Waals surface area contributed by atoms with Crippen molar-refractivity contribution in [3.63, 3.8) is 0 Å². The zero-order chi connectivity index (χ0) is 15.6. The third-order valence-corrected chi connectivity index (χ3v) is 4.71. The Kier molecular flexibility index (Phi) is 5.03. The van der Waals surface area contributed by atoms with Gasteiger partial charge in [0.25, 0.3) is 0 Å². The van der Waals surface area contributed by atoms with E-state index in [1.54, 1.807) is 9.58 Å². The maximum atomic E-state index is 12.2. The average molecular weight is 357 g/mol. The molecule has 7 heteroatoms. The van der Waals surface area contributed by atoms with Crippen molar-refractivity contribution < 1.29 is 9.59 Å². The first-order valence-electron chi connectivity index (χ1n) is 7.27. The van der Waals surface area contributed by atoms with E-state index in [2.05, 4.69) is 26.3 Å². The predicted molar refractivity (Wildman–Crippen MR) is 82.5 cm³/mol. The van der Waals surface area contributed by atoms with Gasteiger partial charge in [-0.2, -0.15) is 5.10 Å². The van der Waals surface area contributed by atoms with E-state index in [1.807, 2.05) is 20.9 Å². The van der Waals surface area contributed by atoms with Gasteiger partial charge in [0.05, 0.1) is 29.0 Å². The molecule has 2 rings (SSSR count). The van der Waals surface area contributed by atoms with E-state index in [0.717, 1.165) is 28.7 Å². The number of halogens is 1. The molecule has 1 unspecified atom stereocenters. The summed E-state index contributed by atoms with van der Waals surface area (Å²) < 4.78 is 2.72. The molecule has 1 aliphatic rings. The lowest BCUT2D eigenvalue weighted by atomic mass is 10.1. The van der Waals surface area contributed by atoms with Crippen molar-refractivity contribution in [2.24, 2.45) is 7.05 Å². The highest BCUT2D eigenvalue weighted by Crippen LogP contribution is 2.25. The fourth-order valence-electron chi connectivity index (χ4n) is 2.61. The van der Waals surface area contributed by atoms with Gasteiger partial charge >= 0.3 is 0 Å². The Balaban J connectivity index is 2.28. The van der Waals surface area contributed by atoms with Crippen LogP contribution in [-0.4, -0.2) is 39.1 Å². The third kappa shape index (κ3) is 3.12.